The highest BCUT2D eigenvalue weighted by molar-refractivity contribution is 5.27. The Hall–Kier alpha value is -0.860. The molecule has 2 atom stereocenters. The van der Waals surface area contributed by atoms with E-state index in [0.29, 0.717) is 0 Å². The van der Waals surface area contributed by atoms with Crippen molar-refractivity contribution < 1.29 is 0 Å². The summed E-state index contributed by atoms with van der Waals surface area (Å²) in [5.41, 5.74) is 2.94. The molecule has 1 heterocycles. The van der Waals surface area contributed by atoms with Crippen molar-refractivity contribution in [2.45, 2.75) is 33.9 Å². The number of likely N-dealkylation sites (tertiary alicyclic amines) is 1. The lowest BCUT2D eigenvalue weighted by Crippen LogP contribution is -2.22. The SMILES string of the molecule is CCNCc1ccccc1CN1CC(C)C(C)C1. The summed E-state index contributed by atoms with van der Waals surface area (Å²) in [6, 6.07) is 8.83. The van der Waals surface area contributed by atoms with Crippen molar-refractivity contribution >= 4 is 0 Å². The van der Waals surface area contributed by atoms with Crippen molar-refractivity contribution in [2.24, 2.45) is 11.8 Å². The molecule has 1 aromatic rings. The van der Waals surface area contributed by atoms with Gasteiger partial charge in [0, 0.05) is 26.2 Å². The smallest absolute Gasteiger partial charge is 0.0237 e. The minimum atomic E-state index is 0.839. The lowest BCUT2D eigenvalue weighted by Gasteiger charge is -2.18. The summed E-state index contributed by atoms with van der Waals surface area (Å²) < 4.78 is 0. The quantitative estimate of drug-likeness (QED) is 0.859. The van der Waals surface area contributed by atoms with Crippen molar-refractivity contribution in [3.05, 3.63) is 35.4 Å². The highest BCUT2D eigenvalue weighted by Crippen LogP contribution is 2.24. The van der Waals surface area contributed by atoms with Gasteiger partial charge in [-0.15, -0.1) is 0 Å². The Kier molecular flexibility index (Phi) is 4.79. The van der Waals surface area contributed by atoms with Crippen molar-refractivity contribution in [3.8, 4) is 0 Å². The molecule has 0 radical (unpaired) electrons. The summed E-state index contributed by atoms with van der Waals surface area (Å²) in [5.74, 6) is 1.68. The normalized spacial score (nSPS) is 24.6. The molecule has 0 bridgehead atoms. The molecular formula is C16H26N2. The van der Waals surface area contributed by atoms with Crippen LogP contribution in [0.15, 0.2) is 24.3 Å². The molecule has 1 N–H and O–H groups in total. The monoisotopic (exact) mass is 246 g/mol. The van der Waals surface area contributed by atoms with Crippen LogP contribution in [0.2, 0.25) is 0 Å². The highest BCUT2D eigenvalue weighted by Gasteiger charge is 2.25. The van der Waals surface area contributed by atoms with Crippen LogP contribution in [0.25, 0.3) is 0 Å². The maximum absolute atomic E-state index is 3.43. The zero-order valence-electron chi connectivity index (χ0n) is 11.9. The second-order valence-electron chi connectivity index (χ2n) is 5.70. The van der Waals surface area contributed by atoms with E-state index in [0.717, 1.165) is 31.5 Å². The van der Waals surface area contributed by atoms with Gasteiger partial charge in [-0.05, 0) is 29.5 Å². The average molecular weight is 246 g/mol. The van der Waals surface area contributed by atoms with E-state index in [4.69, 9.17) is 0 Å². The van der Waals surface area contributed by atoms with Crippen molar-refractivity contribution in [2.75, 3.05) is 19.6 Å². The van der Waals surface area contributed by atoms with Crippen LogP contribution in [-0.4, -0.2) is 24.5 Å². The average Bonchev–Trinajstić information content (AvgIpc) is 2.67. The fourth-order valence-corrected chi connectivity index (χ4v) is 2.76. The molecule has 1 aromatic carbocycles. The summed E-state index contributed by atoms with van der Waals surface area (Å²) in [7, 11) is 0. The molecule has 1 saturated heterocycles. The fraction of sp³-hybridized carbons (Fsp3) is 0.625. The van der Waals surface area contributed by atoms with Crippen molar-refractivity contribution in [3.63, 3.8) is 0 Å². The number of hydrogen-bond donors (Lipinski definition) is 1. The van der Waals surface area contributed by atoms with Gasteiger partial charge < -0.3 is 5.32 Å². The minimum absolute atomic E-state index is 0.839. The summed E-state index contributed by atoms with van der Waals surface area (Å²) in [5, 5.41) is 3.43. The van der Waals surface area contributed by atoms with Crippen LogP contribution in [0, 0.1) is 11.8 Å². The van der Waals surface area contributed by atoms with Crippen LogP contribution in [0.5, 0.6) is 0 Å². The molecule has 2 heteroatoms. The fourth-order valence-electron chi connectivity index (χ4n) is 2.76. The van der Waals surface area contributed by atoms with Gasteiger partial charge in [-0.1, -0.05) is 45.0 Å². The first kappa shape index (κ1) is 13.6. The lowest BCUT2D eigenvalue weighted by atomic mass is 10.0. The molecule has 2 unspecified atom stereocenters. The van der Waals surface area contributed by atoms with Gasteiger partial charge in [0.05, 0.1) is 0 Å². The summed E-state index contributed by atoms with van der Waals surface area (Å²) in [6.07, 6.45) is 0. The topological polar surface area (TPSA) is 15.3 Å². The van der Waals surface area contributed by atoms with E-state index in [2.05, 4.69) is 55.3 Å². The molecule has 1 fully saturated rings. The van der Waals surface area contributed by atoms with E-state index < -0.39 is 0 Å². The Morgan fingerprint density at radius 2 is 1.72 bits per heavy atom. The van der Waals surface area contributed by atoms with E-state index >= 15 is 0 Å². The van der Waals surface area contributed by atoms with E-state index in [1.807, 2.05) is 0 Å². The van der Waals surface area contributed by atoms with Gasteiger partial charge in [0.1, 0.15) is 0 Å². The number of rotatable bonds is 5. The first-order chi connectivity index (χ1) is 8.70. The molecule has 0 aromatic heterocycles. The van der Waals surface area contributed by atoms with Crippen LogP contribution >= 0.6 is 0 Å². The Morgan fingerprint density at radius 1 is 1.11 bits per heavy atom. The number of nitrogens with zero attached hydrogens (tertiary/aromatic N) is 1. The Labute approximate surface area is 111 Å². The second-order valence-corrected chi connectivity index (χ2v) is 5.70. The molecule has 1 aliphatic heterocycles. The van der Waals surface area contributed by atoms with Crippen LogP contribution < -0.4 is 5.32 Å². The van der Waals surface area contributed by atoms with Gasteiger partial charge in [0.2, 0.25) is 0 Å². The van der Waals surface area contributed by atoms with Crippen LogP contribution in [0.3, 0.4) is 0 Å². The van der Waals surface area contributed by atoms with E-state index in [1.54, 1.807) is 0 Å². The first-order valence-electron chi connectivity index (χ1n) is 7.20. The molecule has 2 rings (SSSR count). The predicted octanol–water partition coefficient (Wildman–Crippen LogP) is 2.88. The predicted molar refractivity (Wildman–Crippen MR) is 77.4 cm³/mol. The highest BCUT2D eigenvalue weighted by atomic mass is 15.1. The van der Waals surface area contributed by atoms with Crippen LogP contribution in [0.4, 0.5) is 0 Å². The van der Waals surface area contributed by atoms with Gasteiger partial charge in [0.25, 0.3) is 0 Å². The second kappa shape index (κ2) is 6.35. The number of hydrogen-bond acceptors (Lipinski definition) is 2. The third-order valence-corrected chi connectivity index (χ3v) is 4.14. The van der Waals surface area contributed by atoms with E-state index in [-0.39, 0.29) is 0 Å². The molecule has 0 aliphatic carbocycles. The maximum atomic E-state index is 3.43. The van der Waals surface area contributed by atoms with Gasteiger partial charge >= 0.3 is 0 Å². The molecule has 0 amide bonds. The molecule has 18 heavy (non-hydrogen) atoms. The minimum Gasteiger partial charge on any atom is -0.313 e. The summed E-state index contributed by atoms with van der Waals surface area (Å²) >= 11 is 0. The molecular weight excluding hydrogens is 220 g/mol. The lowest BCUT2D eigenvalue weighted by molar-refractivity contribution is 0.315. The Balaban J connectivity index is 2.00. The number of nitrogens with one attached hydrogen (secondary N) is 1. The maximum Gasteiger partial charge on any atom is 0.0237 e. The molecule has 0 spiro atoms. The van der Waals surface area contributed by atoms with Crippen LogP contribution in [-0.2, 0) is 13.1 Å². The third kappa shape index (κ3) is 3.33. The van der Waals surface area contributed by atoms with Crippen LogP contribution in [0.1, 0.15) is 31.9 Å². The van der Waals surface area contributed by atoms with Gasteiger partial charge in [-0.2, -0.15) is 0 Å². The molecule has 0 saturated carbocycles. The van der Waals surface area contributed by atoms with Gasteiger partial charge in [-0.3, -0.25) is 4.90 Å². The number of benzene rings is 1. The van der Waals surface area contributed by atoms with Gasteiger partial charge in [-0.25, -0.2) is 0 Å². The standard InChI is InChI=1S/C16H26N2/c1-4-17-9-15-7-5-6-8-16(15)12-18-10-13(2)14(3)11-18/h5-8,13-14,17H,4,9-12H2,1-3H3. The van der Waals surface area contributed by atoms with E-state index in [9.17, 15) is 0 Å². The Morgan fingerprint density at radius 3 is 2.33 bits per heavy atom. The summed E-state index contributed by atoms with van der Waals surface area (Å²) in [4.78, 5) is 2.60. The first-order valence-corrected chi connectivity index (χ1v) is 7.20. The third-order valence-electron chi connectivity index (χ3n) is 4.14. The molecule has 100 valence electrons. The van der Waals surface area contributed by atoms with E-state index in [1.165, 1.54) is 24.2 Å². The van der Waals surface area contributed by atoms with Crippen molar-refractivity contribution in [1.82, 2.24) is 10.2 Å². The molecule has 1 aliphatic rings. The Bertz CT molecular complexity index is 365. The molecule has 2 nitrogen and oxygen atoms in total. The zero-order valence-corrected chi connectivity index (χ0v) is 11.9. The van der Waals surface area contributed by atoms with Gasteiger partial charge in [0.15, 0.2) is 0 Å². The summed E-state index contributed by atoms with van der Waals surface area (Å²) in [6.45, 7) is 12.5. The largest absolute Gasteiger partial charge is 0.313 e. The van der Waals surface area contributed by atoms with Crippen molar-refractivity contribution in [1.29, 1.82) is 0 Å². The zero-order chi connectivity index (χ0) is 13.0.